The van der Waals surface area contributed by atoms with E-state index < -0.39 is 0 Å². The van der Waals surface area contributed by atoms with Gasteiger partial charge in [-0.05, 0) is 12.1 Å². The molecule has 0 aromatic carbocycles. The molecule has 0 saturated carbocycles. The Morgan fingerprint density at radius 3 is 2.67 bits per heavy atom. The molecule has 0 amide bonds. The Bertz CT molecular complexity index is 371. The van der Waals surface area contributed by atoms with Gasteiger partial charge >= 0.3 is 0 Å². The molecule has 12 heavy (non-hydrogen) atoms. The molecule has 4 nitrogen and oxygen atoms in total. The van der Waals surface area contributed by atoms with Crippen LogP contribution in [0.15, 0.2) is 35.5 Å². The van der Waals surface area contributed by atoms with E-state index in [-0.39, 0.29) is 0 Å². The van der Waals surface area contributed by atoms with Crippen LogP contribution >= 0.6 is 15.9 Å². The monoisotopic (exact) mass is 224 g/mol. The number of nitrogens with zero attached hydrogens (tertiary/aromatic N) is 4. The average molecular weight is 225 g/mol. The highest BCUT2D eigenvalue weighted by molar-refractivity contribution is 9.10. The standard InChI is InChI=1S/C7H5BrN4/c8-6-1-2-9-7(3-6)12-4-10-11-5-12/h1-5H. The Balaban J connectivity index is 2.48. The van der Waals surface area contributed by atoms with Crippen molar-refractivity contribution in [2.75, 3.05) is 0 Å². The Labute approximate surface area is 77.4 Å². The summed E-state index contributed by atoms with van der Waals surface area (Å²) in [5, 5.41) is 7.37. The molecule has 0 aliphatic rings. The van der Waals surface area contributed by atoms with Gasteiger partial charge in [0.05, 0.1) is 0 Å². The molecule has 0 bridgehead atoms. The molecule has 2 rings (SSSR count). The number of pyridine rings is 1. The average Bonchev–Trinajstić information content (AvgIpc) is 2.56. The zero-order valence-electron chi connectivity index (χ0n) is 6.05. The predicted molar refractivity (Wildman–Crippen MR) is 46.9 cm³/mol. The maximum Gasteiger partial charge on any atom is 0.140 e. The molecule has 0 atom stereocenters. The minimum Gasteiger partial charge on any atom is -0.272 e. The second kappa shape index (κ2) is 3.02. The fraction of sp³-hybridized carbons (Fsp3) is 0. The topological polar surface area (TPSA) is 43.6 Å². The fourth-order valence-corrected chi connectivity index (χ4v) is 1.18. The van der Waals surface area contributed by atoms with Crippen LogP contribution in [-0.2, 0) is 0 Å². The Kier molecular flexibility index (Phi) is 1.87. The molecule has 2 aromatic rings. The third-order valence-electron chi connectivity index (χ3n) is 1.39. The van der Waals surface area contributed by atoms with Crippen LogP contribution in [0.2, 0.25) is 0 Å². The minimum atomic E-state index is 0.800. The molecule has 2 heterocycles. The van der Waals surface area contributed by atoms with Crippen LogP contribution in [0.4, 0.5) is 0 Å². The van der Waals surface area contributed by atoms with Gasteiger partial charge in [-0.1, -0.05) is 15.9 Å². The van der Waals surface area contributed by atoms with Crippen molar-refractivity contribution in [3.63, 3.8) is 0 Å². The number of hydrogen-bond acceptors (Lipinski definition) is 3. The molecule has 60 valence electrons. The van der Waals surface area contributed by atoms with Gasteiger partial charge in [0.1, 0.15) is 18.5 Å². The van der Waals surface area contributed by atoms with E-state index in [9.17, 15) is 0 Å². The molecule has 0 saturated heterocycles. The molecule has 0 aliphatic carbocycles. The highest BCUT2D eigenvalue weighted by Crippen LogP contribution is 2.11. The first-order valence-electron chi connectivity index (χ1n) is 3.33. The summed E-state index contributed by atoms with van der Waals surface area (Å²) in [6, 6.07) is 3.76. The summed E-state index contributed by atoms with van der Waals surface area (Å²) in [7, 11) is 0. The molecule has 0 unspecified atom stereocenters. The highest BCUT2D eigenvalue weighted by atomic mass is 79.9. The van der Waals surface area contributed by atoms with Crippen LogP contribution in [0, 0.1) is 0 Å². The van der Waals surface area contributed by atoms with Crippen molar-refractivity contribution in [3.8, 4) is 5.82 Å². The first-order valence-corrected chi connectivity index (χ1v) is 4.12. The first-order chi connectivity index (χ1) is 5.86. The van der Waals surface area contributed by atoms with E-state index in [1.165, 1.54) is 0 Å². The van der Waals surface area contributed by atoms with E-state index in [0.29, 0.717) is 0 Å². The Morgan fingerprint density at radius 1 is 1.25 bits per heavy atom. The third kappa shape index (κ3) is 1.35. The maximum atomic E-state index is 4.14. The third-order valence-corrected chi connectivity index (χ3v) is 1.88. The van der Waals surface area contributed by atoms with Crippen molar-refractivity contribution < 1.29 is 0 Å². The van der Waals surface area contributed by atoms with Crippen LogP contribution in [0.25, 0.3) is 5.82 Å². The largest absolute Gasteiger partial charge is 0.272 e. The van der Waals surface area contributed by atoms with Crippen molar-refractivity contribution in [1.82, 2.24) is 19.7 Å². The van der Waals surface area contributed by atoms with E-state index in [0.717, 1.165) is 10.3 Å². The lowest BCUT2D eigenvalue weighted by molar-refractivity contribution is 0.988. The van der Waals surface area contributed by atoms with Crippen LogP contribution in [-0.4, -0.2) is 19.7 Å². The van der Waals surface area contributed by atoms with Gasteiger partial charge in [-0.25, -0.2) is 4.98 Å². The SMILES string of the molecule is Brc1ccnc(-n2cnnc2)c1. The lowest BCUT2D eigenvalue weighted by atomic mass is 10.5. The second-order valence-corrected chi connectivity index (χ2v) is 3.12. The molecule has 0 fully saturated rings. The number of aromatic nitrogens is 4. The van der Waals surface area contributed by atoms with Gasteiger partial charge in [-0.15, -0.1) is 10.2 Å². The van der Waals surface area contributed by atoms with Gasteiger partial charge in [0.25, 0.3) is 0 Å². The van der Waals surface area contributed by atoms with Gasteiger partial charge in [-0.3, -0.25) is 4.57 Å². The van der Waals surface area contributed by atoms with Crippen molar-refractivity contribution >= 4 is 15.9 Å². The van der Waals surface area contributed by atoms with E-state index in [4.69, 9.17) is 0 Å². The quantitative estimate of drug-likeness (QED) is 0.737. The summed E-state index contributed by atoms with van der Waals surface area (Å²) < 4.78 is 2.73. The lowest BCUT2D eigenvalue weighted by Crippen LogP contribution is -1.92. The Hall–Kier alpha value is -1.23. The maximum absolute atomic E-state index is 4.14. The van der Waals surface area contributed by atoms with E-state index in [1.54, 1.807) is 23.4 Å². The zero-order chi connectivity index (χ0) is 8.39. The molecule has 5 heteroatoms. The number of rotatable bonds is 1. The molecule has 0 N–H and O–H groups in total. The summed E-state index contributed by atoms with van der Waals surface area (Å²) in [4.78, 5) is 4.14. The lowest BCUT2D eigenvalue weighted by Gasteiger charge is -1.98. The predicted octanol–water partition coefficient (Wildman–Crippen LogP) is 1.42. The highest BCUT2D eigenvalue weighted by Gasteiger charge is 1.96. The van der Waals surface area contributed by atoms with E-state index in [2.05, 4.69) is 31.1 Å². The summed E-state index contributed by atoms with van der Waals surface area (Å²) in [6.07, 6.45) is 4.93. The van der Waals surface area contributed by atoms with Gasteiger partial charge in [-0.2, -0.15) is 0 Å². The van der Waals surface area contributed by atoms with Crippen LogP contribution in [0.3, 0.4) is 0 Å². The van der Waals surface area contributed by atoms with Crippen molar-refractivity contribution in [3.05, 3.63) is 35.5 Å². The molecule has 0 aliphatic heterocycles. The number of hydrogen-bond donors (Lipinski definition) is 0. The van der Waals surface area contributed by atoms with Crippen molar-refractivity contribution in [2.24, 2.45) is 0 Å². The van der Waals surface area contributed by atoms with Gasteiger partial charge in [0.2, 0.25) is 0 Å². The van der Waals surface area contributed by atoms with Gasteiger partial charge in [0, 0.05) is 10.7 Å². The molecular formula is C7H5BrN4. The molecule has 0 spiro atoms. The fourth-order valence-electron chi connectivity index (χ4n) is 0.854. The van der Waals surface area contributed by atoms with Crippen LogP contribution < -0.4 is 0 Å². The Morgan fingerprint density at radius 2 is 2.00 bits per heavy atom. The number of halogens is 1. The summed E-state index contributed by atoms with van der Waals surface area (Å²) >= 11 is 3.35. The van der Waals surface area contributed by atoms with Crippen molar-refractivity contribution in [1.29, 1.82) is 0 Å². The molecule has 0 radical (unpaired) electrons. The molecule has 2 aromatic heterocycles. The summed E-state index contributed by atoms with van der Waals surface area (Å²) in [6.45, 7) is 0. The van der Waals surface area contributed by atoms with Gasteiger partial charge in [0.15, 0.2) is 0 Å². The zero-order valence-corrected chi connectivity index (χ0v) is 7.64. The minimum absolute atomic E-state index is 0.800. The van der Waals surface area contributed by atoms with Crippen LogP contribution in [0.1, 0.15) is 0 Å². The van der Waals surface area contributed by atoms with Gasteiger partial charge < -0.3 is 0 Å². The van der Waals surface area contributed by atoms with E-state index >= 15 is 0 Å². The van der Waals surface area contributed by atoms with Crippen molar-refractivity contribution in [2.45, 2.75) is 0 Å². The molecular weight excluding hydrogens is 220 g/mol. The van der Waals surface area contributed by atoms with Crippen LogP contribution in [0.5, 0.6) is 0 Å². The summed E-state index contributed by atoms with van der Waals surface area (Å²) in [5.74, 6) is 0.800. The summed E-state index contributed by atoms with van der Waals surface area (Å²) in [5.41, 5.74) is 0. The smallest absolute Gasteiger partial charge is 0.140 e. The normalized spacial score (nSPS) is 10.1. The van der Waals surface area contributed by atoms with E-state index in [1.807, 2.05) is 12.1 Å². The second-order valence-electron chi connectivity index (χ2n) is 2.20. The first kappa shape index (κ1) is 7.42.